The summed E-state index contributed by atoms with van der Waals surface area (Å²) in [6.45, 7) is 4.44. The molecule has 3 rings (SSSR count). The maximum atomic E-state index is 12.9. The number of halogens is 3. The molecule has 1 atom stereocenters. The Labute approximate surface area is 168 Å². The van der Waals surface area contributed by atoms with Gasteiger partial charge in [0.25, 0.3) is 5.91 Å². The van der Waals surface area contributed by atoms with Gasteiger partial charge >= 0.3 is 6.18 Å². The molecule has 0 aliphatic carbocycles. The number of hydrogen-bond acceptors (Lipinski definition) is 6. The molecule has 0 aliphatic rings. The minimum Gasteiger partial charge on any atom is -0.397 e. The summed E-state index contributed by atoms with van der Waals surface area (Å²) in [5.41, 5.74) is 5.39. The standard InChI is InChI=1S/C19H19F3N4O2S/c1-9-10(2)25-26-17-13(9)14(23)15(29-17)16(27)24-8-11-4-6-12(7-5-11)18(3,28)19(20,21)22/h4-7,28H,8,23H2,1-3H3,(H,24,27). The van der Waals surface area contributed by atoms with E-state index in [4.69, 9.17) is 5.73 Å². The summed E-state index contributed by atoms with van der Waals surface area (Å²) >= 11 is 1.13. The number of aryl methyl sites for hydroxylation is 2. The number of carbonyl (C=O) groups excluding carboxylic acids is 1. The first-order valence-electron chi connectivity index (χ1n) is 8.62. The number of aromatic nitrogens is 2. The number of hydrogen-bond donors (Lipinski definition) is 3. The van der Waals surface area contributed by atoms with Crippen molar-refractivity contribution >= 4 is 33.1 Å². The van der Waals surface area contributed by atoms with Crippen molar-refractivity contribution in [1.29, 1.82) is 0 Å². The Morgan fingerprint density at radius 2 is 1.83 bits per heavy atom. The lowest BCUT2D eigenvalue weighted by molar-refractivity contribution is -0.258. The molecule has 29 heavy (non-hydrogen) atoms. The highest BCUT2D eigenvalue weighted by atomic mass is 32.1. The average molecular weight is 424 g/mol. The quantitative estimate of drug-likeness (QED) is 0.594. The second kappa shape index (κ2) is 7.27. The number of fused-ring (bicyclic) bond motifs is 1. The fraction of sp³-hybridized carbons (Fsp3) is 0.316. The number of thiophene rings is 1. The Morgan fingerprint density at radius 1 is 1.21 bits per heavy atom. The number of nitrogen functional groups attached to an aromatic ring is 1. The number of alkyl halides is 3. The van der Waals surface area contributed by atoms with E-state index in [2.05, 4.69) is 15.5 Å². The van der Waals surface area contributed by atoms with Gasteiger partial charge in [0.15, 0.2) is 5.60 Å². The predicted molar refractivity (Wildman–Crippen MR) is 105 cm³/mol. The van der Waals surface area contributed by atoms with Crippen molar-refractivity contribution in [2.75, 3.05) is 5.73 Å². The molecule has 6 nitrogen and oxygen atoms in total. The zero-order chi connectivity index (χ0) is 21.6. The van der Waals surface area contributed by atoms with Gasteiger partial charge in [-0.2, -0.15) is 18.3 Å². The SMILES string of the molecule is Cc1nnc2sc(C(=O)NCc3ccc(C(C)(O)C(F)(F)F)cc3)c(N)c2c1C. The molecule has 1 unspecified atom stereocenters. The highest BCUT2D eigenvalue weighted by Gasteiger charge is 2.51. The van der Waals surface area contributed by atoms with Crippen LogP contribution in [0.5, 0.6) is 0 Å². The summed E-state index contributed by atoms with van der Waals surface area (Å²) in [5, 5.41) is 21.2. The fourth-order valence-electron chi connectivity index (χ4n) is 2.78. The van der Waals surface area contributed by atoms with E-state index in [1.165, 1.54) is 24.3 Å². The molecule has 1 aromatic carbocycles. The summed E-state index contributed by atoms with van der Waals surface area (Å²) in [4.78, 5) is 13.4. The van der Waals surface area contributed by atoms with Crippen molar-refractivity contribution in [2.45, 2.75) is 39.1 Å². The molecule has 2 aromatic heterocycles. The van der Waals surface area contributed by atoms with Gasteiger partial charge in [-0.3, -0.25) is 4.79 Å². The number of rotatable bonds is 4. The predicted octanol–water partition coefficient (Wildman–Crippen LogP) is 3.59. The average Bonchev–Trinajstić information content (AvgIpc) is 2.99. The summed E-state index contributed by atoms with van der Waals surface area (Å²) in [6, 6.07) is 5.21. The minimum atomic E-state index is -4.79. The topological polar surface area (TPSA) is 101 Å². The largest absolute Gasteiger partial charge is 0.421 e. The highest BCUT2D eigenvalue weighted by Crippen LogP contribution is 2.38. The molecule has 10 heteroatoms. The van der Waals surface area contributed by atoms with Gasteiger partial charge in [-0.15, -0.1) is 16.4 Å². The number of anilines is 1. The third kappa shape index (κ3) is 3.77. The second-order valence-electron chi connectivity index (χ2n) is 6.88. The van der Waals surface area contributed by atoms with Crippen LogP contribution < -0.4 is 11.1 Å². The van der Waals surface area contributed by atoms with Crippen LogP contribution in [0.3, 0.4) is 0 Å². The number of benzene rings is 1. The van der Waals surface area contributed by atoms with E-state index in [0.29, 0.717) is 33.3 Å². The monoisotopic (exact) mass is 424 g/mol. The Balaban J connectivity index is 1.76. The van der Waals surface area contributed by atoms with Crippen LogP contribution in [0.25, 0.3) is 10.2 Å². The van der Waals surface area contributed by atoms with Gasteiger partial charge in [0.05, 0.1) is 11.4 Å². The Bertz CT molecular complexity index is 1080. The number of nitrogens with two attached hydrogens (primary N) is 1. The van der Waals surface area contributed by atoms with E-state index in [0.717, 1.165) is 22.6 Å². The Morgan fingerprint density at radius 3 is 2.41 bits per heavy atom. The van der Waals surface area contributed by atoms with Crippen LogP contribution in [0.15, 0.2) is 24.3 Å². The van der Waals surface area contributed by atoms with Crippen molar-refractivity contribution in [3.05, 3.63) is 51.5 Å². The van der Waals surface area contributed by atoms with Gasteiger partial charge < -0.3 is 16.2 Å². The lowest BCUT2D eigenvalue weighted by Crippen LogP contribution is -2.39. The van der Waals surface area contributed by atoms with E-state index in [9.17, 15) is 23.1 Å². The van der Waals surface area contributed by atoms with Gasteiger partial charge in [-0.1, -0.05) is 24.3 Å². The number of nitrogens with one attached hydrogen (secondary N) is 1. The first-order valence-corrected chi connectivity index (χ1v) is 9.43. The van der Waals surface area contributed by atoms with Gasteiger partial charge in [-0.25, -0.2) is 0 Å². The van der Waals surface area contributed by atoms with E-state index in [1.807, 2.05) is 6.92 Å². The molecule has 0 radical (unpaired) electrons. The molecule has 2 heterocycles. The molecule has 3 aromatic rings. The molecular weight excluding hydrogens is 405 g/mol. The summed E-state index contributed by atoms with van der Waals surface area (Å²) in [7, 11) is 0. The van der Waals surface area contributed by atoms with Gasteiger partial charge in [0, 0.05) is 11.9 Å². The van der Waals surface area contributed by atoms with Gasteiger partial charge in [0.2, 0.25) is 0 Å². The zero-order valence-electron chi connectivity index (χ0n) is 15.9. The van der Waals surface area contributed by atoms with E-state index >= 15 is 0 Å². The summed E-state index contributed by atoms with van der Waals surface area (Å²) in [6.07, 6.45) is -4.79. The third-order valence-electron chi connectivity index (χ3n) is 4.86. The second-order valence-corrected chi connectivity index (χ2v) is 7.88. The Kier molecular flexibility index (Phi) is 5.26. The summed E-state index contributed by atoms with van der Waals surface area (Å²) in [5.74, 6) is -0.408. The molecule has 0 saturated heterocycles. The first kappa shape index (κ1) is 21.0. The van der Waals surface area contributed by atoms with Gasteiger partial charge in [-0.05, 0) is 37.5 Å². The van der Waals surface area contributed by atoms with E-state index in [1.54, 1.807) is 6.92 Å². The molecule has 1 amide bonds. The van der Waals surface area contributed by atoms with Crippen molar-refractivity contribution < 1.29 is 23.1 Å². The first-order chi connectivity index (χ1) is 13.4. The van der Waals surface area contributed by atoms with Crippen molar-refractivity contribution in [2.24, 2.45) is 0 Å². The fourth-order valence-corrected chi connectivity index (χ4v) is 3.80. The van der Waals surface area contributed by atoms with E-state index in [-0.39, 0.29) is 12.1 Å². The zero-order valence-corrected chi connectivity index (χ0v) is 16.7. The molecule has 0 fully saturated rings. The number of amides is 1. The minimum absolute atomic E-state index is 0.0879. The molecular formula is C19H19F3N4O2S. The Hall–Kier alpha value is -2.72. The van der Waals surface area contributed by atoms with Crippen molar-refractivity contribution in [3.8, 4) is 0 Å². The van der Waals surface area contributed by atoms with Crippen LogP contribution in [-0.4, -0.2) is 27.4 Å². The molecule has 0 spiro atoms. The van der Waals surface area contributed by atoms with Crippen molar-refractivity contribution in [1.82, 2.24) is 15.5 Å². The maximum Gasteiger partial charge on any atom is 0.421 e. The lowest BCUT2D eigenvalue weighted by Gasteiger charge is -2.26. The van der Waals surface area contributed by atoms with Crippen LogP contribution in [0.1, 0.15) is 39.0 Å². The van der Waals surface area contributed by atoms with Crippen LogP contribution in [-0.2, 0) is 12.1 Å². The molecule has 0 bridgehead atoms. The van der Waals surface area contributed by atoms with Crippen LogP contribution >= 0.6 is 11.3 Å². The smallest absolute Gasteiger partial charge is 0.397 e. The number of aliphatic hydroxyl groups is 1. The van der Waals surface area contributed by atoms with E-state index < -0.39 is 17.7 Å². The molecule has 0 aliphatic heterocycles. The number of carbonyl (C=O) groups is 1. The number of nitrogens with zero attached hydrogens (tertiary/aromatic N) is 2. The van der Waals surface area contributed by atoms with Crippen LogP contribution in [0.2, 0.25) is 0 Å². The van der Waals surface area contributed by atoms with Crippen molar-refractivity contribution in [3.63, 3.8) is 0 Å². The van der Waals surface area contributed by atoms with Crippen LogP contribution in [0, 0.1) is 13.8 Å². The van der Waals surface area contributed by atoms with Gasteiger partial charge in [0.1, 0.15) is 9.71 Å². The van der Waals surface area contributed by atoms with Crippen LogP contribution in [0.4, 0.5) is 18.9 Å². The normalized spacial score (nSPS) is 14.0. The maximum absolute atomic E-state index is 12.9. The molecule has 4 N–H and O–H groups in total. The highest BCUT2D eigenvalue weighted by molar-refractivity contribution is 7.21. The lowest BCUT2D eigenvalue weighted by atomic mass is 9.94. The molecule has 154 valence electrons. The summed E-state index contributed by atoms with van der Waals surface area (Å²) < 4.78 is 38.7. The molecule has 0 saturated carbocycles. The third-order valence-corrected chi connectivity index (χ3v) is 5.95.